The van der Waals surface area contributed by atoms with Crippen LogP contribution in [0.15, 0.2) is 121 Å². The van der Waals surface area contributed by atoms with E-state index in [1.54, 1.807) is 0 Å². The van der Waals surface area contributed by atoms with Crippen LogP contribution in [-0.2, 0) is 28.5 Å². The zero-order valence-corrected chi connectivity index (χ0v) is 23.3. The normalized spacial score (nSPS) is 23.4. The summed E-state index contributed by atoms with van der Waals surface area (Å²) in [7, 11) is 0. The highest BCUT2D eigenvalue weighted by Crippen LogP contribution is 2.66. The lowest BCUT2D eigenvalue weighted by Gasteiger charge is -2.36. The number of benzene rings is 4. The van der Waals surface area contributed by atoms with Crippen molar-refractivity contribution in [1.29, 1.82) is 0 Å². The molecule has 0 saturated carbocycles. The second-order valence-corrected chi connectivity index (χ2v) is 19.8. The topological polar surface area (TPSA) is 12.5 Å². The Balaban J connectivity index is 1.74. The van der Waals surface area contributed by atoms with Gasteiger partial charge in [-0.15, -0.1) is 0 Å². The molecule has 4 aromatic rings. The number of hydroxylamine groups is 1. The van der Waals surface area contributed by atoms with Crippen LogP contribution < -0.4 is 15.7 Å². The molecule has 0 aromatic heterocycles. The first-order valence-corrected chi connectivity index (χ1v) is 18.4. The molecule has 0 aliphatic carbocycles. The minimum absolute atomic E-state index is 0.0365. The Morgan fingerprint density at radius 3 is 1.54 bits per heavy atom. The summed E-state index contributed by atoms with van der Waals surface area (Å²) in [6, 6.07) is 37.9. The molecule has 1 aliphatic rings. The van der Waals surface area contributed by atoms with E-state index in [0.717, 1.165) is 5.69 Å². The molecule has 0 N–H and O–H groups in total. The van der Waals surface area contributed by atoms with Gasteiger partial charge in [0.25, 0.3) is 0 Å². The zero-order valence-electron chi connectivity index (χ0n) is 19.8. The summed E-state index contributed by atoms with van der Waals surface area (Å²) in [6.07, 6.45) is 0. The highest BCUT2D eigenvalue weighted by molar-refractivity contribution is 8.20. The molecule has 0 amide bonds. The lowest BCUT2D eigenvalue weighted by atomic mass is 10.0. The molecule has 6 heteroatoms. The predicted molar refractivity (Wildman–Crippen MR) is 159 cm³/mol. The molecule has 2 unspecified atom stereocenters. The van der Waals surface area contributed by atoms with Gasteiger partial charge in [0.05, 0.1) is 17.4 Å². The third-order valence-electron chi connectivity index (χ3n) is 6.83. The van der Waals surface area contributed by atoms with Crippen molar-refractivity contribution in [2.75, 3.05) is 18.4 Å². The fourth-order valence-electron chi connectivity index (χ4n) is 4.98. The zero-order chi connectivity index (χ0) is 24.5. The largest absolute Gasteiger partial charge is 0.263 e. The minimum atomic E-state index is -2.15. The van der Waals surface area contributed by atoms with Crippen molar-refractivity contribution in [3.8, 4) is 0 Å². The molecule has 5 atom stereocenters. The van der Waals surface area contributed by atoms with Crippen LogP contribution in [0.25, 0.3) is 0 Å². The predicted octanol–water partition coefficient (Wildman–Crippen LogP) is 6.74. The Kier molecular flexibility index (Phi) is 7.13. The highest BCUT2D eigenvalue weighted by atomic mass is 32.4. The molecule has 1 saturated heterocycles. The molecule has 35 heavy (non-hydrogen) atoms. The van der Waals surface area contributed by atoms with Crippen molar-refractivity contribution in [2.24, 2.45) is 0 Å². The van der Waals surface area contributed by atoms with Gasteiger partial charge in [0.1, 0.15) is 5.85 Å². The van der Waals surface area contributed by atoms with E-state index in [1.807, 2.05) is 12.1 Å². The maximum Gasteiger partial charge on any atom is 0.127 e. The maximum atomic E-state index is 6.99. The molecule has 1 aliphatic heterocycles. The first kappa shape index (κ1) is 24.6. The van der Waals surface area contributed by atoms with Gasteiger partial charge in [0.15, 0.2) is 0 Å². The SMILES string of the molecule is CP(=S)(c1ccccc1)[C@@H]1[C@@H](c2ccccc2)N(c2ccccc2)O[C@H]1P(C)(=S)c1ccccc1. The van der Waals surface area contributed by atoms with Crippen LogP contribution in [0.2, 0.25) is 0 Å². The number of hydrogen-bond donors (Lipinski definition) is 0. The Labute approximate surface area is 218 Å². The maximum absolute atomic E-state index is 6.99. The highest BCUT2D eigenvalue weighted by Gasteiger charge is 2.54. The van der Waals surface area contributed by atoms with E-state index >= 15 is 0 Å². The number of nitrogens with zero attached hydrogens (tertiary/aromatic N) is 1. The summed E-state index contributed by atoms with van der Waals surface area (Å²) in [4.78, 5) is 6.99. The van der Waals surface area contributed by atoms with Crippen molar-refractivity contribution in [3.05, 3.63) is 127 Å². The Morgan fingerprint density at radius 2 is 1.03 bits per heavy atom. The Morgan fingerprint density at radius 1 is 0.600 bits per heavy atom. The van der Waals surface area contributed by atoms with Crippen molar-refractivity contribution < 1.29 is 4.84 Å². The van der Waals surface area contributed by atoms with Crippen molar-refractivity contribution >= 4 is 52.0 Å². The van der Waals surface area contributed by atoms with Crippen LogP contribution in [0.3, 0.4) is 0 Å². The van der Waals surface area contributed by atoms with E-state index in [2.05, 4.69) is 128 Å². The van der Waals surface area contributed by atoms with Gasteiger partial charge >= 0.3 is 0 Å². The summed E-state index contributed by atoms with van der Waals surface area (Å²) >= 11 is 13.1. The van der Waals surface area contributed by atoms with Gasteiger partial charge in [-0.2, -0.15) is 0 Å². The number of anilines is 1. The van der Waals surface area contributed by atoms with Gasteiger partial charge in [0, 0.05) is 6.04 Å². The summed E-state index contributed by atoms with van der Waals surface area (Å²) in [6.45, 7) is 4.51. The average Bonchev–Trinajstić information content (AvgIpc) is 3.33. The molecule has 0 radical (unpaired) electrons. The standard InChI is InChI=1S/C29H29NOP2S2/c1-32(34,25-19-11-5-12-20-25)28-27(23-15-7-3-8-16-23)30(24-17-9-4-10-18-24)31-29(28)33(2,35)26-21-13-6-14-22-26/h3-22,27-29H,1-2H3/t27-,28-,29+,32?,33?/m1/s1. The van der Waals surface area contributed by atoms with Gasteiger partial charge < -0.3 is 0 Å². The fourth-order valence-corrected chi connectivity index (χ4v) is 13.6. The number of para-hydroxylation sites is 1. The van der Waals surface area contributed by atoms with Crippen molar-refractivity contribution in [2.45, 2.75) is 17.5 Å². The molecule has 2 nitrogen and oxygen atoms in total. The van der Waals surface area contributed by atoms with E-state index in [4.69, 9.17) is 28.5 Å². The van der Waals surface area contributed by atoms with E-state index in [9.17, 15) is 0 Å². The molecule has 178 valence electrons. The second kappa shape index (κ2) is 10.1. The fraction of sp³-hybridized carbons (Fsp3) is 0.172. The second-order valence-electron chi connectivity index (χ2n) is 9.15. The van der Waals surface area contributed by atoms with Crippen molar-refractivity contribution in [3.63, 3.8) is 0 Å². The number of rotatable bonds is 6. The van der Waals surface area contributed by atoms with Crippen LogP contribution in [0.1, 0.15) is 11.6 Å². The van der Waals surface area contributed by atoms with Gasteiger partial charge in [0.2, 0.25) is 0 Å². The third kappa shape index (κ3) is 4.71. The summed E-state index contributed by atoms with van der Waals surface area (Å²) < 4.78 is 0. The Hall–Kier alpha value is -2.06. The van der Waals surface area contributed by atoms with E-state index in [-0.39, 0.29) is 17.5 Å². The van der Waals surface area contributed by atoms with Crippen molar-refractivity contribution in [1.82, 2.24) is 0 Å². The first-order valence-electron chi connectivity index (χ1n) is 11.7. The molecule has 5 rings (SSSR count). The van der Waals surface area contributed by atoms with E-state index < -0.39 is 12.1 Å². The van der Waals surface area contributed by atoms with Crippen LogP contribution in [0.5, 0.6) is 0 Å². The smallest absolute Gasteiger partial charge is 0.127 e. The summed E-state index contributed by atoms with van der Waals surface area (Å²) in [5.74, 6) is -0.179. The Bertz CT molecular complexity index is 1370. The quantitative estimate of drug-likeness (QED) is 0.254. The molecule has 0 spiro atoms. The molecule has 1 fully saturated rings. The van der Waals surface area contributed by atoms with Gasteiger partial charge in [-0.05, 0) is 47.7 Å². The third-order valence-corrected chi connectivity index (χ3v) is 15.4. The van der Waals surface area contributed by atoms with Crippen LogP contribution in [-0.4, -0.2) is 24.8 Å². The van der Waals surface area contributed by atoms with Crippen LogP contribution in [0, 0.1) is 0 Å². The first-order chi connectivity index (χ1) is 16.9. The van der Waals surface area contributed by atoms with Gasteiger partial charge in [-0.1, -0.05) is 133 Å². The average molecular weight is 534 g/mol. The summed E-state index contributed by atoms with van der Waals surface area (Å²) in [5, 5.41) is 4.52. The number of hydrogen-bond acceptors (Lipinski definition) is 4. The minimum Gasteiger partial charge on any atom is -0.263 e. The van der Waals surface area contributed by atoms with Gasteiger partial charge in [-0.3, -0.25) is 4.84 Å². The molecular weight excluding hydrogens is 504 g/mol. The lowest BCUT2D eigenvalue weighted by Crippen LogP contribution is -2.32. The molecule has 0 bridgehead atoms. The van der Waals surface area contributed by atoms with E-state index in [0.29, 0.717) is 0 Å². The monoisotopic (exact) mass is 533 g/mol. The molecular formula is C29H29NOP2S2. The van der Waals surface area contributed by atoms with Crippen LogP contribution in [0.4, 0.5) is 5.69 Å². The van der Waals surface area contributed by atoms with Crippen LogP contribution >= 0.6 is 12.1 Å². The molecule has 4 aromatic carbocycles. The van der Waals surface area contributed by atoms with E-state index in [1.165, 1.54) is 16.2 Å². The molecule has 1 heterocycles. The summed E-state index contributed by atoms with van der Waals surface area (Å²) in [5.41, 5.74) is 2.29. The lowest BCUT2D eigenvalue weighted by molar-refractivity contribution is 0.135. The van der Waals surface area contributed by atoms with Gasteiger partial charge in [-0.25, -0.2) is 5.06 Å².